The molecule has 98 valence electrons. The summed E-state index contributed by atoms with van der Waals surface area (Å²) in [6.45, 7) is 0.626. The molecule has 2 saturated carbocycles. The van der Waals surface area contributed by atoms with Gasteiger partial charge in [-0.2, -0.15) is 0 Å². The zero-order valence-corrected chi connectivity index (χ0v) is 10.8. The van der Waals surface area contributed by atoms with Gasteiger partial charge >= 0.3 is 0 Å². The second-order valence-corrected chi connectivity index (χ2v) is 5.82. The predicted molar refractivity (Wildman–Crippen MR) is 71.2 cm³/mol. The summed E-state index contributed by atoms with van der Waals surface area (Å²) >= 11 is 0. The number of rotatable bonds is 3. The molecule has 2 aliphatic carbocycles. The van der Waals surface area contributed by atoms with E-state index in [1.807, 2.05) is 18.2 Å². The van der Waals surface area contributed by atoms with Crippen molar-refractivity contribution in [3.8, 4) is 0 Å². The van der Waals surface area contributed by atoms with E-state index in [1.165, 1.54) is 31.2 Å². The van der Waals surface area contributed by atoms with E-state index < -0.39 is 5.60 Å². The minimum absolute atomic E-state index is 0.0445. The van der Waals surface area contributed by atoms with Crippen LogP contribution in [0, 0.1) is 5.92 Å². The predicted octanol–water partition coefficient (Wildman–Crippen LogP) is 3.29. The van der Waals surface area contributed by atoms with Gasteiger partial charge in [0.25, 0.3) is 0 Å². The Hall–Kier alpha value is -0.860. The van der Waals surface area contributed by atoms with Crippen molar-refractivity contribution in [2.75, 3.05) is 0 Å². The summed E-state index contributed by atoms with van der Waals surface area (Å²) in [6.07, 6.45) is 6.95. The molecular weight excluding hydrogens is 224 g/mol. The zero-order valence-electron chi connectivity index (χ0n) is 10.8. The molecule has 18 heavy (non-hydrogen) atoms. The van der Waals surface area contributed by atoms with Gasteiger partial charge in [0, 0.05) is 0 Å². The zero-order chi connectivity index (χ0) is 12.4. The van der Waals surface area contributed by atoms with Gasteiger partial charge < -0.3 is 9.84 Å². The third-order valence-corrected chi connectivity index (χ3v) is 4.49. The van der Waals surface area contributed by atoms with Gasteiger partial charge in [-0.25, -0.2) is 0 Å². The van der Waals surface area contributed by atoms with Crippen molar-refractivity contribution in [2.45, 2.75) is 56.8 Å². The fraction of sp³-hybridized carbons (Fsp3) is 0.625. The highest BCUT2D eigenvalue weighted by atomic mass is 16.5. The Bertz CT molecular complexity index is 389. The first-order chi connectivity index (χ1) is 8.79. The third-order valence-electron chi connectivity index (χ3n) is 4.49. The maximum atomic E-state index is 10.6. The molecule has 3 rings (SSSR count). The van der Waals surface area contributed by atoms with Crippen LogP contribution in [0.1, 0.15) is 44.1 Å². The van der Waals surface area contributed by atoms with Crippen LogP contribution in [-0.4, -0.2) is 16.8 Å². The van der Waals surface area contributed by atoms with Crippen LogP contribution in [0.15, 0.2) is 30.3 Å². The van der Waals surface area contributed by atoms with E-state index in [0.29, 0.717) is 12.5 Å². The highest BCUT2D eigenvalue weighted by Gasteiger charge is 2.58. The summed E-state index contributed by atoms with van der Waals surface area (Å²) in [5.74, 6) is 0.499. The van der Waals surface area contributed by atoms with Gasteiger partial charge in [-0.05, 0) is 30.7 Å². The number of benzene rings is 1. The fourth-order valence-electron chi connectivity index (χ4n) is 3.23. The summed E-state index contributed by atoms with van der Waals surface area (Å²) in [6, 6.07) is 10.2. The molecule has 1 N–H and O–H groups in total. The topological polar surface area (TPSA) is 29.5 Å². The van der Waals surface area contributed by atoms with E-state index in [0.717, 1.165) is 12.8 Å². The molecule has 0 amide bonds. The Balaban J connectivity index is 1.60. The SMILES string of the molecule is OC12CC1CCCCCC2OCc1ccccc1. The Morgan fingerprint density at radius 2 is 1.89 bits per heavy atom. The molecule has 2 heteroatoms. The van der Waals surface area contributed by atoms with Gasteiger partial charge in [0.05, 0.1) is 18.3 Å². The number of fused-ring (bicyclic) bond motifs is 1. The monoisotopic (exact) mass is 246 g/mol. The van der Waals surface area contributed by atoms with Crippen molar-refractivity contribution in [3.05, 3.63) is 35.9 Å². The fourth-order valence-corrected chi connectivity index (χ4v) is 3.23. The van der Waals surface area contributed by atoms with Crippen LogP contribution in [0.3, 0.4) is 0 Å². The van der Waals surface area contributed by atoms with Gasteiger partial charge in [-0.3, -0.25) is 0 Å². The van der Waals surface area contributed by atoms with Gasteiger partial charge in [-0.15, -0.1) is 0 Å². The van der Waals surface area contributed by atoms with Crippen molar-refractivity contribution in [1.29, 1.82) is 0 Å². The molecule has 0 spiro atoms. The summed E-state index contributed by atoms with van der Waals surface area (Å²) in [7, 11) is 0. The van der Waals surface area contributed by atoms with Crippen molar-refractivity contribution < 1.29 is 9.84 Å². The second kappa shape index (κ2) is 5.02. The average Bonchev–Trinajstić information content (AvgIpc) is 3.02. The molecule has 2 aliphatic rings. The standard InChI is InChI=1S/C16H22O2/c17-16-11-14(16)9-5-2-6-10-15(16)18-12-13-7-3-1-4-8-13/h1,3-4,7-8,14-15,17H,2,5-6,9-12H2. The van der Waals surface area contributed by atoms with Crippen LogP contribution in [0.2, 0.25) is 0 Å². The van der Waals surface area contributed by atoms with Crippen LogP contribution in [0.4, 0.5) is 0 Å². The summed E-state index contributed by atoms with van der Waals surface area (Å²) in [5.41, 5.74) is 0.690. The van der Waals surface area contributed by atoms with E-state index in [-0.39, 0.29) is 6.10 Å². The lowest BCUT2D eigenvalue weighted by molar-refractivity contribution is -0.0757. The largest absolute Gasteiger partial charge is 0.387 e. The van der Waals surface area contributed by atoms with Crippen LogP contribution < -0.4 is 0 Å². The molecule has 0 radical (unpaired) electrons. The van der Waals surface area contributed by atoms with Gasteiger partial charge in [0.1, 0.15) is 0 Å². The lowest BCUT2D eigenvalue weighted by atomic mass is 9.96. The summed E-state index contributed by atoms with van der Waals surface area (Å²) in [4.78, 5) is 0. The number of hydrogen-bond donors (Lipinski definition) is 1. The molecule has 3 atom stereocenters. The summed E-state index contributed by atoms with van der Waals surface area (Å²) in [5, 5.41) is 10.6. The van der Waals surface area contributed by atoms with Crippen molar-refractivity contribution in [3.63, 3.8) is 0 Å². The molecule has 2 nitrogen and oxygen atoms in total. The maximum Gasteiger partial charge on any atom is 0.0941 e. The van der Waals surface area contributed by atoms with Crippen LogP contribution in [0.25, 0.3) is 0 Å². The lowest BCUT2D eigenvalue weighted by Crippen LogP contribution is -2.33. The van der Waals surface area contributed by atoms with E-state index in [4.69, 9.17) is 4.74 Å². The van der Waals surface area contributed by atoms with E-state index in [1.54, 1.807) is 0 Å². The number of hydrogen-bond acceptors (Lipinski definition) is 2. The van der Waals surface area contributed by atoms with E-state index >= 15 is 0 Å². The molecule has 0 aromatic heterocycles. The molecule has 3 unspecified atom stereocenters. The lowest BCUT2D eigenvalue weighted by Gasteiger charge is -2.26. The maximum absolute atomic E-state index is 10.6. The molecule has 1 aromatic rings. The van der Waals surface area contributed by atoms with Gasteiger partial charge in [-0.1, -0.05) is 49.6 Å². The van der Waals surface area contributed by atoms with E-state index in [9.17, 15) is 5.11 Å². The van der Waals surface area contributed by atoms with Crippen LogP contribution in [-0.2, 0) is 11.3 Å². The Morgan fingerprint density at radius 1 is 1.11 bits per heavy atom. The van der Waals surface area contributed by atoms with Crippen LogP contribution in [0.5, 0.6) is 0 Å². The summed E-state index contributed by atoms with van der Waals surface area (Å²) < 4.78 is 6.01. The number of aliphatic hydroxyl groups is 1. The molecule has 0 bridgehead atoms. The average molecular weight is 246 g/mol. The van der Waals surface area contributed by atoms with Crippen LogP contribution >= 0.6 is 0 Å². The van der Waals surface area contributed by atoms with E-state index in [2.05, 4.69) is 12.1 Å². The molecule has 2 fully saturated rings. The quantitative estimate of drug-likeness (QED) is 0.886. The molecule has 0 heterocycles. The highest BCUT2D eigenvalue weighted by Crippen LogP contribution is 2.52. The first-order valence-electron chi connectivity index (χ1n) is 7.17. The first-order valence-corrected chi connectivity index (χ1v) is 7.17. The van der Waals surface area contributed by atoms with Crippen molar-refractivity contribution in [2.24, 2.45) is 5.92 Å². The first kappa shape index (κ1) is 12.2. The Morgan fingerprint density at radius 3 is 2.72 bits per heavy atom. The number of ether oxygens (including phenoxy) is 1. The third kappa shape index (κ3) is 2.45. The van der Waals surface area contributed by atoms with Gasteiger partial charge in [0.15, 0.2) is 0 Å². The molecule has 1 aromatic carbocycles. The second-order valence-electron chi connectivity index (χ2n) is 5.82. The normalized spacial score (nSPS) is 35.4. The van der Waals surface area contributed by atoms with Crippen molar-refractivity contribution >= 4 is 0 Å². The van der Waals surface area contributed by atoms with Crippen molar-refractivity contribution in [1.82, 2.24) is 0 Å². The Kier molecular flexibility index (Phi) is 3.40. The minimum atomic E-state index is -0.505. The Labute approximate surface area is 109 Å². The molecule has 0 aliphatic heterocycles. The highest BCUT2D eigenvalue weighted by molar-refractivity contribution is 5.14. The smallest absolute Gasteiger partial charge is 0.0941 e. The molecule has 0 saturated heterocycles. The van der Waals surface area contributed by atoms with Gasteiger partial charge in [0.2, 0.25) is 0 Å². The molecular formula is C16H22O2. The minimum Gasteiger partial charge on any atom is -0.387 e.